The number of benzene rings is 1. The Hall–Kier alpha value is -2.93. The minimum atomic E-state index is 0.367. The third kappa shape index (κ3) is 2.75. The monoisotopic (exact) mass is 363 g/mol. The maximum atomic E-state index is 5.59. The Bertz CT molecular complexity index is 1100. The fourth-order valence-corrected chi connectivity index (χ4v) is 3.77. The molecule has 0 saturated carbocycles. The molecule has 0 bridgehead atoms. The second kappa shape index (κ2) is 6.35. The molecule has 0 N–H and O–H groups in total. The molecule has 7 heteroatoms. The largest absolute Gasteiger partial charge is 0.381 e. The topological polar surface area (TPSA) is 70.9 Å². The van der Waals surface area contributed by atoms with E-state index in [0.717, 1.165) is 53.9 Å². The highest BCUT2D eigenvalue weighted by Gasteiger charge is 2.22. The van der Waals surface area contributed by atoms with Gasteiger partial charge in [0.1, 0.15) is 0 Å². The molecule has 0 spiro atoms. The lowest BCUT2D eigenvalue weighted by molar-refractivity contribution is 0.0662. The number of hydrogen-bond donors (Lipinski definition) is 0. The summed E-state index contributed by atoms with van der Waals surface area (Å²) in [5.41, 5.74) is 3.86. The van der Waals surface area contributed by atoms with Gasteiger partial charge in [-0.25, -0.2) is 0 Å². The van der Waals surface area contributed by atoms with Crippen LogP contribution in [0.1, 0.15) is 24.6 Å². The molecule has 1 aliphatic rings. The number of aromatic nitrogens is 5. The van der Waals surface area contributed by atoms with Crippen molar-refractivity contribution in [1.29, 1.82) is 0 Å². The van der Waals surface area contributed by atoms with E-state index < -0.39 is 0 Å². The predicted molar refractivity (Wildman–Crippen MR) is 101 cm³/mol. The summed E-state index contributed by atoms with van der Waals surface area (Å²) in [7, 11) is 2.02. The third-order valence-electron chi connectivity index (χ3n) is 5.32. The van der Waals surface area contributed by atoms with Crippen LogP contribution in [0.25, 0.3) is 33.9 Å². The van der Waals surface area contributed by atoms with Gasteiger partial charge in [0.05, 0.1) is 23.0 Å². The molecule has 1 fully saturated rings. The number of para-hydroxylation sites is 1. The van der Waals surface area contributed by atoms with Gasteiger partial charge in [-0.05, 0) is 31.9 Å². The molecule has 5 rings (SSSR count). The van der Waals surface area contributed by atoms with E-state index in [1.54, 1.807) is 0 Å². The van der Waals surface area contributed by atoms with Gasteiger partial charge in [0.2, 0.25) is 5.82 Å². The standard InChI is InChI=1S/C20H21N5O2/c1-13-16(12-25(22-13)15-7-9-26-10-8-15)20-21-19(23-27-20)18-11-14-5-3-4-6-17(14)24(18)2/h3-6,11-12,15H,7-10H2,1-2H3. The molecule has 138 valence electrons. The van der Waals surface area contributed by atoms with Crippen LogP contribution in [-0.4, -0.2) is 37.7 Å². The summed E-state index contributed by atoms with van der Waals surface area (Å²) in [6, 6.07) is 10.7. The maximum Gasteiger partial charge on any atom is 0.261 e. The van der Waals surface area contributed by atoms with Crippen LogP contribution in [0.4, 0.5) is 0 Å². The fraction of sp³-hybridized carbons (Fsp3) is 0.350. The predicted octanol–water partition coefficient (Wildman–Crippen LogP) is 3.75. The highest BCUT2D eigenvalue weighted by molar-refractivity contribution is 5.85. The van der Waals surface area contributed by atoms with Crippen LogP contribution in [0, 0.1) is 6.92 Å². The van der Waals surface area contributed by atoms with E-state index in [-0.39, 0.29) is 0 Å². The van der Waals surface area contributed by atoms with Gasteiger partial charge in [0, 0.05) is 37.4 Å². The quantitative estimate of drug-likeness (QED) is 0.554. The molecule has 0 unspecified atom stereocenters. The Morgan fingerprint density at radius 2 is 1.96 bits per heavy atom. The highest BCUT2D eigenvalue weighted by atomic mass is 16.5. The molecule has 4 heterocycles. The maximum absolute atomic E-state index is 5.59. The van der Waals surface area contributed by atoms with Crippen LogP contribution in [0.3, 0.4) is 0 Å². The van der Waals surface area contributed by atoms with Crippen molar-refractivity contribution >= 4 is 10.9 Å². The Kier molecular flexibility index (Phi) is 3.82. The summed E-state index contributed by atoms with van der Waals surface area (Å²) < 4.78 is 15.1. The van der Waals surface area contributed by atoms with Gasteiger partial charge in [-0.1, -0.05) is 23.4 Å². The molecular formula is C20H21N5O2. The molecule has 1 aromatic carbocycles. The zero-order valence-corrected chi connectivity index (χ0v) is 15.4. The average Bonchev–Trinajstić information content (AvgIpc) is 3.40. The van der Waals surface area contributed by atoms with E-state index in [9.17, 15) is 0 Å². The van der Waals surface area contributed by atoms with Crippen molar-refractivity contribution in [2.75, 3.05) is 13.2 Å². The minimum absolute atomic E-state index is 0.367. The summed E-state index contributed by atoms with van der Waals surface area (Å²) >= 11 is 0. The van der Waals surface area contributed by atoms with E-state index >= 15 is 0 Å². The Balaban J connectivity index is 1.50. The van der Waals surface area contributed by atoms with Crippen LogP contribution < -0.4 is 0 Å². The Morgan fingerprint density at radius 3 is 2.78 bits per heavy atom. The zero-order valence-electron chi connectivity index (χ0n) is 15.4. The first-order valence-corrected chi connectivity index (χ1v) is 9.23. The second-order valence-corrected chi connectivity index (χ2v) is 7.02. The molecule has 0 atom stereocenters. The van der Waals surface area contributed by atoms with E-state index in [2.05, 4.69) is 38.0 Å². The third-order valence-corrected chi connectivity index (χ3v) is 5.32. The fourth-order valence-electron chi connectivity index (χ4n) is 3.77. The first-order valence-electron chi connectivity index (χ1n) is 9.23. The zero-order chi connectivity index (χ0) is 18.4. The molecule has 4 aromatic rings. The van der Waals surface area contributed by atoms with Crippen LogP contribution in [0.15, 0.2) is 41.1 Å². The lowest BCUT2D eigenvalue weighted by Crippen LogP contribution is -2.19. The number of ether oxygens (including phenoxy) is 1. The highest BCUT2D eigenvalue weighted by Crippen LogP contribution is 2.30. The van der Waals surface area contributed by atoms with E-state index in [4.69, 9.17) is 9.26 Å². The molecule has 7 nitrogen and oxygen atoms in total. The number of rotatable bonds is 3. The summed E-state index contributed by atoms with van der Waals surface area (Å²) in [6.07, 6.45) is 3.97. The first kappa shape index (κ1) is 16.3. The Labute approximate surface area is 156 Å². The normalized spacial score (nSPS) is 15.6. The van der Waals surface area contributed by atoms with Crippen LogP contribution in [0.2, 0.25) is 0 Å². The smallest absolute Gasteiger partial charge is 0.261 e. The van der Waals surface area contributed by atoms with Gasteiger partial charge in [-0.15, -0.1) is 0 Å². The van der Waals surface area contributed by atoms with E-state index in [1.165, 1.54) is 0 Å². The number of nitrogens with zero attached hydrogens (tertiary/aromatic N) is 5. The van der Waals surface area contributed by atoms with Crippen molar-refractivity contribution in [3.63, 3.8) is 0 Å². The van der Waals surface area contributed by atoms with Gasteiger partial charge >= 0.3 is 0 Å². The van der Waals surface area contributed by atoms with Crippen molar-refractivity contribution < 1.29 is 9.26 Å². The van der Waals surface area contributed by atoms with Crippen molar-refractivity contribution in [2.45, 2.75) is 25.8 Å². The summed E-state index contributed by atoms with van der Waals surface area (Å²) in [4.78, 5) is 4.65. The van der Waals surface area contributed by atoms with E-state index in [1.807, 2.05) is 37.0 Å². The van der Waals surface area contributed by atoms with Crippen molar-refractivity contribution in [2.24, 2.45) is 7.05 Å². The van der Waals surface area contributed by atoms with Gasteiger partial charge in [-0.2, -0.15) is 10.1 Å². The molecule has 3 aromatic heterocycles. The van der Waals surface area contributed by atoms with Gasteiger partial charge in [-0.3, -0.25) is 4.68 Å². The Morgan fingerprint density at radius 1 is 1.15 bits per heavy atom. The molecule has 0 amide bonds. The molecular weight excluding hydrogens is 342 g/mol. The van der Waals surface area contributed by atoms with Gasteiger partial charge in [0.25, 0.3) is 5.89 Å². The molecule has 1 saturated heterocycles. The summed E-state index contributed by atoms with van der Waals surface area (Å²) in [5.74, 6) is 1.09. The summed E-state index contributed by atoms with van der Waals surface area (Å²) in [5, 5.41) is 10.0. The number of fused-ring (bicyclic) bond motifs is 1. The number of hydrogen-bond acceptors (Lipinski definition) is 5. The van der Waals surface area contributed by atoms with Crippen LogP contribution in [0.5, 0.6) is 0 Å². The second-order valence-electron chi connectivity index (χ2n) is 7.02. The summed E-state index contributed by atoms with van der Waals surface area (Å²) in [6.45, 7) is 3.54. The van der Waals surface area contributed by atoms with Crippen LogP contribution >= 0.6 is 0 Å². The SMILES string of the molecule is Cc1nn(C2CCOCC2)cc1-c1nc(-c2cc3ccccc3n2C)no1. The molecule has 0 radical (unpaired) electrons. The molecule has 27 heavy (non-hydrogen) atoms. The van der Waals surface area contributed by atoms with Crippen molar-refractivity contribution in [3.05, 3.63) is 42.2 Å². The molecule has 0 aliphatic carbocycles. The molecule has 1 aliphatic heterocycles. The number of aryl methyl sites for hydroxylation is 2. The van der Waals surface area contributed by atoms with Crippen molar-refractivity contribution in [3.8, 4) is 23.0 Å². The van der Waals surface area contributed by atoms with Crippen molar-refractivity contribution in [1.82, 2.24) is 24.5 Å². The lowest BCUT2D eigenvalue weighted by atomic mass is 10.1. The first-order chi connectivity index (χ1) is 13.2. The van der Waals surface area contributed by atoms with Crippen LogP contribution in [-0.2, 0) is 11.8 Å². The minimum Gasteiger partial charge on any atom is -0.381 e. The van der Waals surface area contributed by atoms with E-state index in [0.29, 0.717) is 17.8 Å². The van der Waals surface area contributed by atoms with Gasteiger partial charge < -0.3 is 13.8 Å². The average molecular weight is 363 g/mol. The van der Waals surface area contributed by atoms with Gasteiger partial charge in [0.15, 0.2) is 0 Å². The lowest BCUT2D eigenvalue weighted by Gasteiger charge is -2.22.